The molecule has 2 heterocycles. The van der Waals surface area contributed by atoms with Gasteiger partial charge in [0.2, 0.25) is 0 Å². The second-order valence-corrected chi connectivity index (χ2v) is 5.80. The molecule has 4 heteroatoms. The molecule has 0 bridgehead atoms. The average Bonchev–Trinajstić information content (AvgIpc) is 2.99. The number of methoxy groups -OCH3 is 1. The first-order valence-corrected chi connectivity index (χ1v) is 7.72. The standard InChI is InChI=1S/C19H17N3O/c1-23-14-5-3-13(4-6-14)18-19-15(8-9-21-18)16-10-12(11-20)2-7-17(16)22-19/h2-7,10,18,21-22H,8-9H2,1H3. The van der Waals surface area contributed by atoms with E-state index in [4.69, 9.17) is 10.00 Å². The Morgan fingerprint density at radius 2 is 2.00 bits per heavy atom. The van der Waals surface area contributed by atoms with E-state index in [9.17, 15) is 0 Å². The molecule has 4 nitrogen and oxygen atoms in total. The fourth-order valence-electron chi connectivity index (χ4n) is 3.38. The summed E-state index contributed by atoms with van der Waals surface area (Å²) in [7, 11) is 1.68. The summed E-state index contributed by atoms with van der Waals surface area (Å²) in [5.74, 6) is 0.861. The molecule has 0 amide bonds. The molecule has 2 aromatic carbocycles. The molecular weight excluding hydrogens is 286 g/mol. The summed E-state index contributed by atoms with van der Waals surface area (Å²) in [6.07, 6.45) is 0.969. The predicted molar refractivity (Wildman–Crippen MR) is 89.6 cm³/mol. The SMILES string of the molecule is COc1ccc(C2NCCc3c2[nH]c2ccc(C#N)cc32)cc1. The molecule has 1 unspecified atom stereocenters. The maximum atomic E-state index is 9.13. The minimum Gasteiger partial charge on any atom is -0.497 e. The second kappa shape index (κ2) is 5.45. The van der Waals surface area contributed by atoms with Crippen molar-refractivity contribution >= 4 is 10.9 Å². The first-order valence-electron chi connectivity index (χ1n) is 7.72. The molecule has 1 aliphatic rings. The summed E-state index contributed by atoms with van der Waals surface area (Å²) >= 11 is 0. The molecule has 4 rings (SSSR count). The van der Waals surface area contributed by atoms with E-state index in [1.165, 1.54) is 22.2 Å². The van der Waals surface area contributed by atoms with Crippen molar-refractivity contribution in [1.82, 2.24) is 10.3 Å². The van der Waals surface area contributed by atoms with Gasteiger partial charge in [0.05, 0.1) is 24.8 Å². The normalized spacial score (nSPS) is 16.8. The molecule has 0 saturated heterocycles. The Balaban J connectivity index is 1.83. The van der Waals surface area contributed by atoms with Gasteiger partial charge in [-0.1, -0.05) is 12.1 Å². The van der Waals surface area contributed by atoms with Crippen LogP contribution in [0.2, 0.25) is 0 Å². The highest BCUT2D eigenvalue weighted by Crippen LogP contribution is 2.34. The van der Waals surface area contributed by atoms with E-state index in [1.807, 2.05) is 30.3 Å². The molecule has 3 aromatic rings. The van der Waals surface area contributed by atoms with Gasteiger partial charge in [0.15, 0.2) is 0 Å². The molecule has 114 valence electrons. The summed E-state index contributed by atoms with van der Waals surface area (Å²) in [5.41, 5.74) is 5.53. The van der Waals surface area contributed by atoms with Crippen LogP contribution >= 0.6 is 0 Å². The van der Waals surface area contributed by atoms with Crippen LogP contribution in [0.5, 0.6) is 5.75 Å². The summed E-state index contributed by atoms with van der Waals surface area (Å²) < 4.78 is 5.24. The van der Waals surface area contributed by atoms with E-state index in [-0.39, 0.29) is 6.04 Å². The van der Waals surface area contributed by atoms with Crippen LogP contribution in [-0.4, -0.2) is 18.6 Å². The van der Waals surface area contributed by atoms with E-state index in [0.29, 0.717) is 5.56 Å². The molecule has 0 radical (unpaired) electrons. The van der Waals surface area contributed by atoms with E-state index < -0.39 is 0 Å². The quantitative estimate of drug-likeness (QED) is 0.763. The topological polar surface area (TPSA) is 60.8 Å². The minimum absolute atomic E-state index is 0.141. The highest BCUT2D eigenvalue weighted by atomic mass is 16.5. The van der Waals surface area contributed by atoms with Crippen LogP contribution in [0.4, 0.5) is 0 Å². The van der Waals surface area contributed by atoms with Crippen LogP contribution in [-0.2, 0) is 6.42 Å². The smallest absolute Gasteiger partial charge is 0.118 e. The van der Waals surface area contributed by atoms with Gasteiger partial charge in [-0.2, -0.15) is 5.26 Å². The van der Waals surface area contributed by atoms with Gasteiger partial charge < -0.3 is 15.0 Å². The Hall–Kier alpha value is -2.77. The first-order chi connectivity index (χ1) is 11.3. The fraction of sp³-hybridized carbons (Fsp3) is 0.211. The van der Waals surface area contributed by atoms with E-state index in [1.54, 1.807) is 7.11 Å². The Bertz CT molecular complexity index is 903. The number of rotatable bonds is 2. The number of benzene rings is 2. The van der Waals surface area contributed by atoms with Crippen LogP contribution in [0.3, 0.4) is 0 Å². The largest absolute Gasteiger partial charge is 0.497 e. The molecule has 0 aliphatic carbocycles. The van der Waals surface area contributed by atoms with Crippen LogP contribution in [0.25, 0.3) is 10.9 Å². The molecule has 0 saturated carbocycles. The molecule has 2 N–H and O–H groups in total. The lowest BCUT2D eigenvalue weighted by atomic mass is 9.94. The van der Waals surface area contributed by atoms with Gasteiger partial charge in [-0.3, -0.25) is 0 Å². The average molecular weight is 303 g/mol. The van der Waals surface area contributed by atoms with E-state index in [0.717, 1.165) is 24.2 Å². The van der Waals surface area contributed by atoms with Crippen molar-refractivity contribution in [2.75, 3.05) is 13.7 Å². The zero-order chi connectivity index (χ0) is 15.8. The number of fused-ring (bicyclic) bond motifs is 3. The van der Waals surface area contributed by atoms with Crippen molar-refractivity contribution in [1.29, 1.82) is 5.26 Å². The molecule has 1 aliphatic heterocycles. The van der Waals surface area contributed by atoms with Gasteiger partial charge in [0.1, 0.15) is 5.75 Å². The Morgan fingerprint density at radius 3 is 2.74 bits per heavy atom. The van der Waals surface area contributed by atoms with Gasteiger partial charge in [0.25, 0.3) is 0 Å². The maximum absolute atomic E-state index is 9.13. The number of aromatic nitrogens is 1. The number of hydrogen-bond acceptors (Lipinski definition) is 3. The zero-order valence-electron chi connectivity index (χ0n) is 12.9. The number of nitrogens with zero attached hydrogens (tertiary/aromatic N) is 1. The van der Waals surface area contributed by atoms with E-state index >= 15 is 0 Å². The lowest BCUT2D eigenvalue weighted by molar-refractivity contribution is 0.414. The van der Waals surface area contributed by atoms with Gasteiger partial charge in [0, 0.05) is 23.1 Å². The van der Waals surface area contributed by atoms with Crippen molar-refractivity contribution < 1.29 is 4.74 Å². The molecular formula is C19H17N3O. The second-order valence-electron chi connectivity index (χ2n) is 5.80. The number of ether oxygens (including phenoxy) is 1. The Labute approximate surface area is 134 Å². The molecule has 0 fully saturated rings. The van der Waals surface area contributed by atoms with Gasteiger partial charge >= 0.3 is 0 Å². The molecule has 1 atom stereocenters. The van der Waals surface area contributed by atoms with Crippen LogP contribution in [0.1, 0.15) is 28.4 Å². The van der Waals surface area contributed by atoms with Crippen LogP contribution in [0, 0.1) is 11.3 Å². The number of H-pyrrole nitrogens is 1. The Kier molecular flexibility index (Phi) is 3.29. The van der Waals surface area contributed by atoms with Crippen LogP contribution in [0.15, 0.2) is 42.5 Å². The lowest BCUT2D eigenvalue weighted by Gasteiger charge is -2.25. The predicted octanol–water partition coefficient (Wildman–Crippen LogP) is 3.28. The summed E-state index contributed by atoms with van der Waals surface area (Å²) in [4.78, 5) is 3.54. The van der Waals surface area contributed by atoms with Gasteiger partial charge in [-0.05, 0) is 47.9 Å². The number of aromatic amines is 1. The number of nitriles is 1. The Morgan fingerprint density at radius 1 is 1.17 bits per heavy atom. The van der Waals surface area contributed by atoms with Crippen molar-refractivity contribution in [2.24, 2.45) is 0 Å². The van der Waals surface area contributed by atoms with Crippen molar-refractivity contribution in [3.05, 3.63) is 64.8 Å². The van der Waals surface area contributed by atoms with Gasteiger partial charge in [-0.15, -0.1) is 0 Å². The molecule has 1 aromatic heterocycles. The summed E-state index contributed by atoms with van der Waals surface area (Å²) in [6.45, 7) is 0.924. The summed E-state index contributed by atoms with van der Waals surface area (Å²) in [6, 6.07) is 16.4. The number of hydrogen-bond donors (Lipinski definition) is 2. The third-order valence-electron chi connectivity index (χ3n) is 4.53. The molecule has 23 heavy (non-hydrogen) atoms. The third-order valence-corrected chi connectivity index (χ3v) is 4.53. The lowest BCUT2D eigenvalue weighted by Crippen LogP contribution is -2.30. The zero-order valence-corrected chi connectivity index (χ0v) is 12.9. The first kappa shape index (κ1) is 13.9. The van der Waals surface area contributed by atoms with Crippen LogP contribution < -0.4 is 10.1 Å². The van der Waals surface area contributed by atoms with Crippen molar-refractivity contribution in [2.45, 2.75) is 12.5 Å². The highest BCUT2D eigenvalue weighted by molar-refractivity contribution is 5.86. The maximum Gasteiger partial charge on any atom is 0.118 e. The minimum atomic E-state index is 0.141. The molecule has 0 spiro atoms. The monoisotopic (exact) mass is 303 g/mol. The third kappa shape index (κ3) is 2.26. The highest BCUT2D eigenvalue weighted by Gasteiger charge is 2.25. The van der Waals surface area contributed by atoms with Gasteiger partial charge in [-0.25, -0.2) is 0 Å². The van der Waals surface area contributed by atoms with E-state index in [2.05, 4.69) is 28.5 Å². The van der Waals surface area contributed by atoms with Crippen molar-refractivity contribution in [3.8, 4) is 11.8 Å². The number of nitrogens with one attached hydrogen (secondary N) is 2. The fourth-order valence-corrected chi connectivity index (χ4v) is 3.38. The van der Waals surface area contributed by atoms with Crippen molar-refractivity contribution in [3.63, 3.8) is 0 Å². The summed E-state index contributed by atoms with van der Waals surface area (Å²) in [5, 5.41) is 13.9.